The van der Waals surface area contributed by atoms with Gasteiger partial charge in [-0.2, -0.15) is 13.2 Å². The van der Waals surface area contributed by atoms with Gasteiger partial charge in [0.05, 0.1) is 18.8 Å². The first kappa shape index (κ1) is 28.1. The number of rotatable bonds is 7. The molecule has 0 radical (unpaired) electrons. The maximum Gasteiger partial charge on any atom is 0.430 e. The number of benzene rings is 2. The minimum Gasteiger partial charge on any atom is -0.542 e. The molecule has 2 aromatic carbocycles. The number of pyridine rings is 1. The summed E-state index contributed by atoms with van der Waals surface area (Å²) in [5.74, 6) is -2.75. The fraction of sp³-hybridized carbons (Fsp3) is 0.345. The molecule has 4 heterocycles. The zero-order valence-electron chi connectivity index (χ0n) is 21.2. The van der Waals surface area contributed by atoms with E-state index in [1.807, 2.05) is 72.9 Å². The van der Waals surface area contributed by atoms with Gasteiger partial charge in [-0.15, -0.1) is 0 Å². The average molecular weight is 542 g/mol. The molecule has 206 valence electrons. The molecule has 3 aromatic rings. The molecule has 3 fully saturated rings. The van der Waals surface area contributed by atoms with Gasteiger partial charge in [0, 0.05) is 30.6 Å². The van der Waals surface area contributed by atoms with Crippen molar-refractivity contribution in [2.24, 2.45) is 5.92 Å². The Morgan fingerprint density at radius 3 is 2.13 bits per heavy atom. The molecule has 3 aliphatic heterocycles. The molecule has 0 amide bonds. The summed E-state index contributed by atoms with van der Waals surface area (Å²) in [6, 6.07) is 25.3. The molecule has 2 atom stereocenters. The number of hydrogen-bond donors (Lipinski definition) is 1. The van der Waals surface area contributed by atoms with Crippen molar-refractivity contribution in [1.82, 2.24) is 4.98 Å². The van der Waals surface area contributed by atoms with E-state index >= 15 is 0 Å². The molecule has 0 aliphatic carbocycles. The number of carboxylic acid groups (broad SMARTS) is 1. The summed E-state index contributed by atoms with van der Waals surface area (Å²) in [4.78, 5) is 26.8. The number of anilines is 1. The largest absolute Gasteiger partial charge is 0.542 e. The van der Waals surface area contributed by atoms with Gasteiger partial charge in [-0.1, -0.05) is 54.6 Å². The fourth-order valence-electron chi connectivity index (χ4n) is 5.25. The molecule has 0 saturated carbocycles. The van der Waals surface area contributed by atoms with E-state index in [1.165, 1.54) is 0 Å². The molecular formula is C29H30F3N3O4. The second kappa shape index (κ2) is 12.3. The van der Waals surface area contributed by atoms with Crippen molar-refractivity contribution >= 4 is 17.6 Å². The number of quaternary nitrogens is 1. The number of carboxylic acids is 1. The number of carbonyl (C=O) groups excluding carboxylic acids is 2. The maximum atomic E-state index is 13.5. The van der Waals surface area contributed by atoms with Crippen LogP contribution in [0.15, 0.2) is 85.1 Å². The lowest BCUT2D eigenvalue weighted by Crippen LogP contribution is -2.64. The van der Waals surface area contributed by atoms with Gasteiger partial charge in [-0.05, 0) is 29.8 Å². The topological polar surface area (TPSA) is 91.3 Å². The van der Waals surface area contributed by atoms with Gasteiger partial charge >= 0.3 is 12.1 Å². The number of nitrogens with zero attached hydrogens (tertiary/aromatic N) is 2. The summed E-state index contributed by atoms with van der Waals surface area (Å²) >= 11 is 0. The Kier molecular flexibility index (Phi) is 8.86. The van der Waals surface area contributed by atoms with Crippen molar-refractivity contribution in [2.75, 3.05) is 25.0 Å². The third kappa shape index (κ3) is 7.57. The highest BCUT2D eigenvalue weighted by atomic mass is 19.4. The fourth-order valence-corrected chi connectivity index (χ4v) is 5.25. The highest BCUT2D eigenvalue weighted by molar-refractivity contribution is 5.81. The van der Waals surface area contributed by atoms with Crippen LogP contribution in [0.4, 0.5) is 18.9 Å². The lowest BCUT2D eigenvalue weighted by atomic mass is 9.83. The van der Waals surface area contributed by atoms with Gasteiger partial charge in [-0.3, -0.25) is 4.98 Å². The number of aliphatic carboxylic acids is 1. The number of carbonyl (C=O) groups is 2. The quantitative estimate of drug-likeness (QED) is 0.361. The molecule has 0 spiro atoms. The van der Waals surface area contributed by atoms with E-state index in [0.29, 0.717) is 5.92 Å². The highest BCUT2D eigenvalue weighted by Gasteiger charge is 2.48. The van der Waals surface area contributed by atoms with E-state index in [-0.39, 0.29) is 12.1 Å². The minimum absolute atomic E-state index is 0.0440. The minimum atomic E-state index is -5.19. The van der Waals surface area contributed by atoms with Crippen LogP contribution in [0.5, 0.6) is 0 Å². The van der Waals surface area contributed by atoms with Crippen LogP contribution in [0.3, 0.4) is 0 Å². The Bertz CT molecular complexity index is 1220. The van der Waals surface area contributed by atoms with E-state index in [1.54, 1.807) is 0 Å². The third-order valence-electron chi connectivity index (χ3n) is 7.22. The normalized spacial score (nSPS) is 22.6. The van der Waals surface area contributed by atoms with Crippen LogP contribution >= 0.6 is 0 Å². The molecule has 0 unspecified atom stereocenters. The van der Waals surface area contributed by atoms with Crippen LogP contribution in [0.1, 0.15) is 30.1 Å². The van der Waals surface area contributed by atoms with E-state index < -0.39 is 18.2 Å². The Morgan fingerprint density at radius 2 is 1.56 bits per heavy atom. The summed E-state index contributed by atoms with van der Waals surface area (Å²) in [6.45, 7) is 4.06. The van der Waals surface area contributed by atoms with Gasteiger partial charge in [0.1, 0.15) is 19.1 Å². The van der Waals surface area contributed by atoms with Crippen molar-refractivity contribution in [3.8, 4) is 0 Å². The summed E-state index contributed by atoms with van der Waals surface area (Å²) in [6.07, 6.45) is -1.17. The zero-order chi connectivity index (χ0) is 27.9. The van der Waals surface area contributed by atoms with Gasteiger partial charge in [-0.25, -0.2) is 4.79 Å². The molecule has 39 heavy (non-hydrogen) atoms. The van der Waals surface area contributed by atoms with Crippen LogP contribution in [-0.2, 0) is 20.9 Å². The molecule has 2 bridgehead atoms. The lowest BCUT2D eigenvalue weighted by Gasteiger charge is -2.52. The lowest BCUT2D eigenvalue weighted by molar-refractivity contribution is -0.958. The van der Waals surface area contributed by atoms with E-state index in [0.717, 1.165) is 60.4 Å². The second-order valence-electron chi connectivity index (χ2n) is 9.90. The number of aromatic nitrogens is 1. The second-order valence-corrected chi connectivity index (χ2v) is 9.90. The zero-order valence-corrected chi connectivity index (χ0v) is 21.2. The van der Waals surface area contributed by atoms with Gasteiger partial charge in [0.25, 0.3) is 0 Å². The summed E-state index contributed by atoms with van der Waals surface area (Å²) < 4.78 is 38.8. The van der Waals surface area contributed by atoms with Crippen molar-refractivity contribution in [3.05, 3.63) is 96.3 Å². The molecule has 7 nitrogen and oxygen atoms in total. The molecule has 10 heteroatoms. The standard InChI is InChI=1S/C27H30N3O2.C2HF3O2/c31-27(26(22-9-3-1-4-10-22)29-23-11-5-2-6-12-23)32-25-20-30(17-14-21(25)15-18-30)19-24-13-7-8-16-28-24;3-2(4,5)1(6)7/h1-13,16,21,25-26,29H,14-15,17-20H2;(H,6,7)/q+1;/p-1/t21?,25-,26+,30?;/m0./s1. The van der Waals surface area contributed by atoms with Crippen molar-refractivity contribution in [2.45, 2.75) is 37.7 Å². The highest BCUT2D eigenvalue weighted by Crippen LogP contribution is 2.37. The monoisotopic (exact) mass is 541 g/mol. The number of alkyl halides is 3. The number of para-hydroxylation sites is 1. The number of halogens is 3. The smallest absolute Gasteiger partial charge is 0.430 e. The Morgan fingerprint density at radius 1 is 0.974 bits per heavy atom. The van der Waals surface area contributed by atoms with Crippen molar-refractivity contribution < 1.29 is 37.1 Å². The van der Waals surface area contributed by atoms with Crippen molar-refractivity contribution in [3.63, 3.8) is 0 Å². The Labute approximate surface area is 224 Å². The molecular weight excluding hydrogens is 511 g/mol. The maximum absolute atomic E-state index is 13.5. The van der Waals surface area contributed by atoms with Crippen LogP contribution < -0.4 is 10.4 Å². The number of hydrogen-bond acceptors (Lipinski definition) is 6. The number of piperidine rings is 3. The van der Waals surface area contributed by atoms with Crippen molar-refractivity contribution in [1.29, 1.82) is 0 Å². The first-order chi connectivity index (χ1) is 18.7. The van der Waals surface area contributed by atoms with Gasteiger partial charge < -0.3 is 24.4 Å². The van der Waals surface area contributed by atoms with E-state index in [2.05, 4.69) is 22.4 Å². The predicted octanol–water partition coefficient (Wildman–Crippen LogP) is 3.89. The third-order valence-corrected chi connectivity index (χ3v) is 7.22. The first-order valence-electron chi connectivity index (χ1n) is 12.8. The molecule has 6 rings (SSSR count). The Balaban J connectivity index is 0.000000448. The molecule has 1 aromatic heterocycles. The first-order valence-corrected chi connectivity index (χ1v) is 12.8. The molecule has 1 N–H and O–H groups in total. The molecule has 3 saturated heterocycles. The number of nitrogens with one attached hydrogen (secondary N) is 1. The van der Waals surface area contributed by atoms with Crippen LogP contribution in [0.25, 0.3) is 0 Å². The predicted molar refractivity (Wildman–Crippen MR) is 136 cm³/mol. The average Bonchev–Trinajstić information content (AvgIpc) is 2.93. The SMILES string of the molecule is O=C(O[C@H]1C[N+]2(Cc3ccccn3)CCC1CC2)[C@H](Nc1ccccc1)c1ccccc1.O=C([O-])C(F)(F)F. The molecule has 3 aliphatic rings. The van der Waals surface area contributed by atoms with Gasteiger partial charge in [0.2, 0.25) is 0 Å². The number of fused-ring (bicyclic) bond motifs is 3. The Hall–Kier alpha value is -3.92. The summed E-state index contributed by atoms with van der Waals surface area (Å²) in [5, 5.41) is 12.2. The van der Waals surface area contributed by atoms with Crippen LogP contribution in [0.2, 0.25) is 0 Å². The van der Waals surface area contributed by atoms with Crippen LogP contribution in [0, 0.1) is 5.92 Å². The summed E-state index contributed by atoms with van der Waals surface area (Å²) in [7, 11) is 0. The van der Waals surface area contributed by atoms with Crippen LogP contribution in [-0.4, -0.2) is 53.3 Å². The number of ether oxygens (including phenoxy) is 1. The van der Waals surface area contributed by atoms with Gasteiger partial charge in [0.15, 0.2) is 12.1 Å². The van der Waals surface area contributed by atoms with E-state index in [4.69, 9.17) is 14.6 Å². The summed E-state index contributed by atoms with van der Waals surface area (Å²) in [5.41, 5.74) is 2.94. The number of esters is 1. The van der Waals surface area contributed by atoms with E-state index in [9.17, 15) is 18.0 Å².